The Morgan fingerprint density at radius 1 is 0.944 bits per heavy atom. The van der Waals surface area contributed by atoms with Crippen LogP contribution >= 0.6 is 0 Å². The van der Waals surface area contributed by atoms with Crippen molar-refractivity contribution in [1.29, 1.82) is 0 Å². The molecule has 0 spiro atoms. The Balaban J connectivity index is 0.000000397. The van der Waals surface area contributed by atoms with Gasteiger partial charge in [0.2, 0.25) is 0 Å². The molecule has 1 heterocycles. The van der Waals surface area contributed by atoms with Gasteiger partial charge in [-0.2, -0.15) is 0 Å². The van der Waals surface area contributed by atoms with Gasteiger partial charge in [0.25, 0.3) is 9.28 Å². The molecule has 0 atom stereocenters. The van der Waals surface area contributed by atoms with Crippen molar-refractivity contribution in [1.82, 2.24) is 0 Å². The highest BCUT2D eigenvalue weighted by Crippen LogP contribution is 2.10. The van der Waals surface area contributed by atoms with E-state index >= 15 is 0 Å². The fourth-order valence-electron chi connectivity index (χ4n) is 1.71. The quantitative estimate of drug-likeness (QED) is 0.744. The first-order valence-electron chi connectivity index (χ1n) is 7.03. The van der Waals surface area contributed by atoms with E-state index in [2.05, 4.69) is 45.8 Å². The van der Waals surface area contributed by atoms with Gasteiger partial charge in [0.1, 0.15) is 0 Å². The average Bonchev–Trinajstić information content (AvgIpc) is 2.15. The normalized spacial score (nSPS) is 18.7. The fourth-order valence-corrected chi connectivity index (χ4v) is 11.5. The summed E-state index contributed by atoms with van der Waals surface area (Å²) in [7, 11) is -4.04. The lowest BCUT2D eigenvalue weighted by Crippen LogP contribution is -2.41. The summed E-state index contributed by atoms with van der Waals surface area (Å²) in [6.45, 7) is 16.5. The van der Waals surface area contributed by atoms with E-state index in [1.54, 1.807) is 0 Å². The van der Waals surface area contributed by atoms with E-state index in [9.17, 15) is 0 Å². The third-order valence-corrected chi connectivity index (χ3v) is 11.8. The van der Waals surface area contributed by atoms with E-state index in [0.717, 1.165) is 6.61 Å². The maximum absolute atomic E-state index is 5.90. The molecule has 1 rings (SSSR count). The summed E-state index contributed by atoms with van der Waals surface area (Å²) in [6, 6.07) is 1.42. The number of hydrogen-bond donors (Lipinski definition) is 0. The standard InChI is InChI=1S/C7H22O2Si3.C4H10OSi/c1-10(8-11(2,3)4)9-12(5,6)7;1-2-4-6-5-3-1/h10H,1-7H3;1-4,6H2. The molecule has 0 aromatic carbocycles. The van der Waals surface area contributed by atoms with Gasteiger partial charge in [0.05, 0.1) is 0 Å². The molecule has 110 valence electrons. The zero-order chi connectivity index (χ0) is 14.2. The van der Waals surface area contributed by atoms with E-state index < -0.39 is 25.9 Å². The Labute approximate surface area is 120 Å². The molecule has 0 aromatic rings. The van der Waals surface area contributed by atoms with E-state index in [4.69, 9.17) is 12.7 Å². The van der Waals surface area contributed by atoms with Gasteiger partial charge in [-0.15, -0.1) is 0 Å². The molecule has 0 amide bonds. The Morgan fingerprint density at radius 3 is 1.61 bits per heavy atom. The van der Waals surface area contributed by atoms with Crippen LogP contribution < -0.4 is 0 Å². The van der Waals surface area contributed by atoms with Gasteiger partial charge >= 0.3 is 0 Å². The van der Waals surface area contributed by atoms with Gasteiger partial charge in [-0.25, -0.2) is 0 Å². The molecule has 7 heteroatoms. The van der Waals surface area contributed by atoms with Gasteiger partial charge in [-0.1, -0.05) is 6.42 Å². The fraction of sp³-hybridized carbons (Fsp3) is 1.00. The van der Waals surface area contributed by atoms with Crippen molar-refractivity contribution in [3.8, 4) is 0 Å². The second kappa shape index (κ2) is 8.83. The highest BCUT2D eigenvalue weighted by Gasteiger charge is 2.24. The highest BCUT2D eigenvalue weighted by molar-refractivity contribution is 6.80. The van der Waals surface area contributed by atoms with Gasteiger partial charge in [-0.05, 0) is 58.3 Å². The van der Waals surface area contributed by atoms with Crippen LogP contribution in [0.4, 0.5) is 0 Å². The predicted molar refractivity (Wildman–Crippen MR) is 90.4 cm³/mol. The van der Waals surface area contributed by atoms with Gasteiger partial charge in [0, 0.05) is 6.61 Å². The van der Waals surface area contributed by atoms with Crippen molar-refractivity contribution >= 4 is 35.7 Å². The second-order valence-electron chi connectivity index (χ2n) is 6.70. The molecule has 1 fully saturated rings. The maximum atomic E-state index is 5.90. The summed E-state index contributed by atoms with van der Waals surface area (Å²) in [5.74, 6) is 0. The van der Waals surface area contributed by atoms with Crippen LogP contribution in [0.1, 0.15) is 12.8 Å². The monoisotopic (exact) mass is 324 g/mol. The molecule has 0 bridgehead atoms. The third kappa shape index (κ3) is 14.8. The van der Waals surface area contributed by atoms with Crippen molar-refractivity contribution in [2.45, 2.75) is 64.7 Å². The van der Waals surface area contributed by atoms with Crippen molar-refractivity contribution in [2.75, 3.05) is 6.61 Å². The lowest BCUT2D eigenvalue weighted by Gasteiger charge is -2.28. The molecular formula is C11H32O3Si4. The number of rotatable bonds is 4. The van der Waals surface area contributed by atoms with E-state index in [1.165, 1.54) is 18.9 Å². The molecule has 0 aliphatic carbocycles. The van der Waals surface area contributed by atoms with Crippen molar-refractivity contribution in [3.05, 3.63) is 0 Å². The van der Waals surface area contributed by atoms with Crippen LogP contribution in [-0.4, -0.2) is 42.3 Å². The van der Waals surface area contributed by atoms with Crippen LogP contribution in [0.15, 0.2) is 0 Å². The van der Waals surface area contributed by atoms with E-state index in [-0.39, 0.29) is 9.76 Å². The average molecular weight is 325 g/mol. The summed E-state index contributed by atoms with van der Waals surface area (Å²) in [4.78, 5) is 0. The molecule has 3 nitrogen and oxygen atoms in total. The minimum atomic E-state index is -1.36. The molecule has 18 heavy (non-hydrogen) atoms. The molecule has 0 saturated carbocycles. The lowest BCUT2D eigenvalue weighted by atomic mass is 10.4. The minimum Gasteiger partial charge on any atom is -0.439 e. The Hall–Kier alpha value is 0.748. The SMILES string of the molecule is C1CC[SiH2]OC1.C[SiH](O[Si](C)(C)C)O[Si](C)(C)C. The van der Waals surface area contributed by atoms with Crippen molar-refractivity contribution < 1.29 is 12.7 Å². The Morgan fingerprint density at radius 2 is 1.44 bits per heavy atom. The van der Waals surface area contributed by atoms with Crippen molar-refractivity contribution in [3.63, 3.8) is 0 Å². The van der Waals surface area contributed by atoms with Crippen LogP contribution in [0, 0.1) is 0 Å². The molecule has 1 aliphatic rings. The summed E-state index contributed by atoms with van der Waals surface area (Å²) in [5.41, 5.74) is 0. The zero-order valence-corrected chi connectivity index (χ0v) is 17.9. The third-order valence-electron chi connectivity index (χ3n) is 2.12. The first-order valence-corrected chi connectivity index (χ1v) is 17.5. The molecule has 0 unspecified atom stereocenters. The smallest absolute Gasteiger partial charge is 0.297 e. The Bertz CT molecular complexity index is 182. The summed E-state index contributed by atoms with van der Waals surface area (Å²) in [5, 5.41) is 0. The highest BCUT2D eigenvalue weighted by atomic mass is 28.4. The molecule has 0 radical (unpaired) electrons. The molecule has 1 saturated heterocycles. The van der Waals surface area contributed by atoms with Crippen LogP contribution in [0.25, 0.3) is 0 Å². The maximum Gasteiger partial charge on any atom is 0.297 e. The summed E-state index contributed by atoms with van der Waals surface area (Å²) in [6.07, 6.45) is 2.75. The molecule has 1 aliphatic heterocycles. The van der Waals surface area contributed by atoms with E-state index in [1.807, 2.05) is 0 Å². The zero-order valence-electron chi connectivity index (χ0n) is 13.3. The van der Waals surface area contributed by atoms with Crippen LogP contribution in [0.5, 0.6) is 0 Å². The van der Waals surface area contributed by atoms with Crippen LogP contribution in [0.2, 0.25) is 51.9 Å². The second-order valence-corrected chi connectivity index (χ2v) is 19.7. The lowest BCUT2D eigenvalue weighted by molar-refractivity contribution is 0.304. The largest absolute Gasteiger partial charge is 0.439 e. The van der Waals surface area contributed by atoms with Gasteiger partial charge in [-0.3, -0.25) is 0 Å². The van der Waals surface area contributed by atoms with Gasteiger partial charge < -0.3 is 12.7 Å². The first-order chi connectivity index (χ1) is 8.10. The van der Waals surface area contributed by atoms with Gasteiger partial charge in [0.15, 0.2) is 26.4 Å². The molecule has 0 aromatic heterocycles. The summed E-state index contributed by atoms with van der Waals surface area (Å²) < 4.78 is 17.0. The topological polar surface area (TPSA) is 27.7 Å². The van der Waals surface area contributed by atoms with E-state index in [0.29, 0.717) is 0 Å². The van der Waals surface area contributed by atoms with Crippen LogP contribution in [-0.2, 0) is 12.7 Å². The molecular weight excluding hydrogens is 292 g/mol. The van der Waals surface area contributed by atoms with Crippen LogP contribution in [0.3, 0.4) is 0 Å². The van der Waals surface area contributed by atoms with Crippen molar-refractivity contribution in [2.24, 2.45) is 0 Å². The minimum absolute atomic E-state index is 0.00849. The predicted octanol–water partition coefficient (Wildman–Crippen LogP) is 2.84. The summed E-state index contributed by atoms with van der Waals surface area (Å²) >= 11 is 0. The molecule has 0 N–H and O–H groups in total. The number of hydrogen-bond acceptors (Lipinski definition) is 3. The first kappa shape index (κ1) is 18.7. The Kier molecular flexibility index (Phi) is 9.19.